The number of carbonyl (C=O) groups excluding carboxylic acids is 2. The topological polar surface area (TPSA) is 58.6 Å². The van der Waals surface area contributed by atoms with Crippen LogP contribution in [0.25, 0.3) is 0 Å². The Morgan fingerprint density at radius 3 is 2.08 bits per heavy atom. The fraction of sp³-hybridized carbons (Fsp3) is 0.515. The molecule has 7 heteroatoms. The molecule has 0 bridgehead atoms. The number of para-hydroxylation sites is 1. The molecule has 40 heavy (non-hydrogen) atoms. The van der Waals surface area contributed by atoms with Crippen LogP contribution in [-0.4, -0.2) is 29.1 Å². The maximum atomic E-state index is 13.0. The molecular weight excluding hydrogens is 584 g/mol. The first-order valence-corrected chi connectivity index (χ1v) is 15.8. The number of nitrogens with zero attached hydrogens (tertiary/aromatic N) is 1. The smallest absolute Gasteiger partial charge is 0.255 e. The Balaban J connectivity index is 0.00000560. The number of ether oxygens (including phenoxy) is 1. The highest BCUT2D eigenvalue weighted by Crippen LogP contribution is 2.30. The molecule has 2 aromatic carbocycles. The van der Waals surface area contributed by atoms with Crippen LogP contribution in [0.15, 0.2) is 54.1 Å². The Morgan fingerprint density at radius 2 is 1.50 bits per heavy atom. The van der Waals surface area contributed by atoms with Gasteiger partial charge in [-0.05, 0) is 48.6 Å². The number of hydrogen-bond donors (Lipinski definition) is 1. The highest BCUT2D eigenvalue weighted by molar-refractivity contribution is 8.93. The Bertz CT molecular complexity index is 1060. The minimum Gasteiger partial charge on any atom is -0.491 e. The third kappa shape index (κ3) is 12.1. The molecule has 0 aromatic heterocycles. The average molecular weight is 632 g/mol. The lowest BCUT2D eigenvalue weighted by atomic mass is 10.1. The van der Waals surface area contributed by atoms with Crippen molar-refractivity contribution in [2.45, 2.75) is 97.4 Å². The first-order valence-electron chi connectivity index (χ1n) is 14.8. The first kappa shape index (κ1) is 34.0. The lowest BCUT2D eigenvalue weighted by Crippen LogP contribution is -2.15. The molecule has 1 heterocycles. The number of amides is 1. The molecule has 1 amide bonds. The number of rotatable bonds is 19. The molecule has 0 radical (unpaired) electrons. The summed E-state index contributed by atoms with van der Waals surface area (Å²) in [5.41, 5.74) is 2.77. The Kier molecular flexibility index (Phi) is 16.8. The number of benzene rings is 2. The van der Waals surface area contributed by atoms with Gasteiger partial charge < -0.3 is 15.0 Å². The molecule has 0 unspecified atom stereocenters. The molecule has 220 valence electrons. The number of thioether (sulfide) groups is 1. The second-order valence-corrected chi connectivity index (χ2v) is 11.3. The molecule has 0 fully saturated rings. The lowest BCUT2D eigenvalue weighted by Gasteiger charge is -2.16. The molecule has 1 aliphatic rings. The lowest BCUT2D eigenvalue weighted by molar-refractivity contribution is 0.100. The fourth-order valence-corrected chi connectivity index (χ4v) is 5.50. The zero-order valence-electron chi connectivity index (χ0n) is 24.3. The zero-order chi connectivity index (χ0) is 27.7. The minimum absolute atomic E-state index is 0. The van der Waals surface area contributed by atoms with E-state index in [1.807, 2.05) is 24.3 Å². The van der Waals surface area contributed by atoms with Crippen molar-refractivity contribution < 1.29 is 14.3 Å². The van der Waals surface area contributed by atoms with E-state index in [-0.39, 0.29) is 28.7 Å². The maximum absolute atomic E-state index is 13.0. The van der Waals surface area contributed by atoms with Gasteiger partial charge in [0.25, 0.3) is 5.91 Å². The molecule has 0 saturated heterocycles. The van der Waals surface area contributed by atoms with Crippen molar-refractivity contribution in [2.75, 3.05) is 17.8 Å². The Hall–Kier alpha value is -2.25. The SMILES string of the molecule is Br.CCCCCCCCCCCCCCOc1c(NC(=O)c2ccc(CN3C=CSC3)cc2)cccc1C(C)=O. The minimum atomic E-state index is -0.214. The van der Waals surface area contributed by atoms with Gasteiger partial charge in [0.2, 0.25) is 0 Å². The van der Waals surface area contributed by atoms with Gasteiger partial charge in [0, 0.05) is 18.3 Å². The van der Waals surface area contributed by atoms with Crippen LogP contribution in [-0.2, 0) is 6.54 Å². The number of carbonyl (C=O) groups is 2. The van der Waals surface area contributed by atoms with Crippen molar-refractivity contribution in [3.63, 3.8) is 0 Å². The van der Waals surface area contributed by atoms with E-state index in [2.05, 4.69) is 28.7 Å². The number of halogens is 1. The van der Waals surface area contributed by atoms with Crippen LogP contribution in [0.4, 0.5) is 5.69 Å². The number of Topliss-reactive ketones (excluding diaryl/α,β-unsaturated/α-hetero) is 1. The number of hydrogen-bond acceptors (Lipinski definition) is 5. The highest BCUT2D eigenvalue weighted by atomic mass is 79.9. The predicted molar refractivity (Wildman–Crippen MR) is 175 cm³/mol. The molecular formula is C33H47BrN2O3S. The van der Waals surface area contributed by atoms with E-state index < -0.39 is 0 Å². The second kappa shape index (κ2) is 19.8. The Labute approximate surface area is 256 Å². The molecule has 3 rings (SSSR count). The van der Waals surface area contributed by atoms with Gasteiger partial charge >= 0.3 is 0 Å². The molecule has 0 aliphatic carbocycles. The number of ketones is 1. The van der Waals surface area contributed by atoms with Crippen LogP contribution >= 0.6 is 28.7 Å². The molecule has 0 atom stereocenters. The van der Waals surface area contributed by atoms with Gasteiger partial charge in [0.15, 0.2) is 11.5 Å². The van der Waals surface area contributed by atoms with Gasteiger partial charge in [0.1, 0.15) is 0 Å². The molecule has 0 spiro atoms. The molecule has 5 nitrogen and oxygen atoms in total. The fourth-order valence-electron chi connectivity index (χ4n) is 4.79. The largest absolute Gasteiger partial charge is 0.491 e. The van der Waals surface area contributed by atoms with Crippen molar-refractivity contribution >= 4 is 46.1 Å². The van der Waals surface area contributed by atoms with Crippen molar-refractivity contribution in [3.8, 4) is 5.75 Å². The normalized spacial score (nSPS) is 12.3. The Morgan fingerprint density at radius 1 is 0.875 bits per heavy atom. The van der Waals surface area contributed by atoms with Crippen LogP contribution in [0.2, 0.25) is 0 Å². The van der Waals surface area contributed by atoms with Crippen molar-refractivity contribution in [3.05, 3.63) is 70.8 Å². The van der Waals surface area contributed by atoms with E-state index >= 15 is 0 Å². The third-order valence-electron chi connectivity index (χ3n) is 7.10. The van der Waals surface area contributed by atoms with Crippen molar-refractivity contribution in [1.82, 2.24) is 4.90 Å². The molecule has 1 aliphatic heterocycles. The van der Waals surface area contributed by atoms with E-state index in [9.17, 15) is 9.59 Å². The summed E-state index contributed by atoms with van der Waals surface area (Å²) in [6.07, 6.45) is 17.5. The van der Waals surface area contributed by atoms with Crippen LogP contribution < -0.4 is 10.1 Å². The maximum Gasteiger partial charge on any atom is 0.255 e. The summed E-state index contributed by atoms with van der Waals surface area (Å²) in [7, 11) is 0. The number of nitrogens with one attached hydrogen (secondary N) is 1. The highest BCUT2D eigenvalue weighted by Gasteiger charge is 2.16. The van der Waals surface area contributed by atoms with E-state index in [1.165, 1.54) is 71.1 Å². The predicted octanol–water partition coefficient (Wildman–Crippen LogP) is 9.78. The van der Waals surface area contributed by atoms with Crippen LogP contribution in [0.1, 0.15) is 117 Å². The number of unbranched alkanes of at least 4 members (excludes halogenated alkanes) is 11. The summed E-state index contributed by atoms with van der Waals surface area (Å²) in [5, 5.41) is 5.06. The summed E-state index contributed by atoms with van der Waals surface area (Å²) in [4.78, 5) is 27.5. The van der Waals surface area contributed by atoms with Gasteiger partial charge in [-0.15, -0.1) is 28.7 Å². The van der Waals surface area contributed by atoms with Crippen molar-refractivity contribution in [2.24, 2.45) is 0 Å². The summed E-state index contributed by atoms with van der Waals surface area (Å²) in [6.45, 7) is 5.15. The van der Waals surface area contributed by atoms with Crippen LogP contribution in [0.5, 0.6) is 5.75 Å². The second-order valence-electron chi connectivity index (χ2n) is 10.5. The van der Waals surface area contributed by atoms with Gasteiger partial charge in [-0.3, -0.25) is 9.59 Å². The van der Waals surface area contributed by atoms with E-state index in [1.54, 1.807) is 30.0 Å². The monoisotopic (exact) mass is 630 g/mol. The van der Waals surface area contributed by atoms with Crippen LogP contribution in [0, 0.1) is 0 Å². The van der Waals surface area contributed by atoms with Gasteiger partial charge in [-0.1, -0.05) is 95.8 Å². The van der Waals surface area contributed by atoms with Gasteiger partial charge in [-0.2, -0.15) is 0 Å². The van der Waals surface area contributed by atoms with Gasteiger partial charge in [-0.25, -0.2) is 0 Å². The first-order chi connectivity index (χ1) is 19.1. The standard InChI is InChI=1S/C33H46N2O3S.BrH/c1-3-4-5-6-7-8-9-10-11-12-13-14-23-38-32-30(27(2)36)16-15-17-31(32)34-33(37)29-20-18-28(19-21-29)25-35-22-24-39-26-35;/h15-22,24H,3-14,23,25-26H2,1-2H3,(H,34,37);1H. The average Bonchev–Trinajstić information content (AvgIpc) is 3.45. The zero-order valence-corrected chi connectivity index (χ0v) is 26.8. The molecule has 2 aromatic rings. The summed E-state index contributed by atoms with van der Waals surface area (Å²) < 4.78 is 6.10. The van der Waals surface area contributed by atoms with Crippen LogP contribution in [0.3, 0.4) is 0 Å². The van der Waals surface area contributed by atoms with Gasteiger partial charge in [0.05, 0.1) is 23.7 Å². The van der Waals surface area contributed by atoms with Crippen molar-refractivity contribution in [1.29, 1.82) is 0 Å². The summed E-state index contributed by atoms with van der Waals surface area (Å²) in [6, 6.07) is 13.0. The number of anilines is 1. The summed E-state index contributed by atoms with van der Waals surface area (Å²) >= 11 is 1.78. The quantitative estimate of drug-likeness (QED) is 0.124. The summed E-state index contributed by atoms with van der Waals surface area (Å²) in [5.74, 6) is 1.14. The van der Waals surface area contributed by atoms with E-state index in [4.69, 9.17) is 4.74 Å². The molecule has 0 saturated carbocycles. The third-order valence-corrected chi connectivity index (χ3v) is 7.89. The van der Waals surface area contributed by atoms with E-state index in [0.717, 1.165) is 30.8 Å². The van der Waals surface area contributed by atoms with E-state index in [0.29, 0.717) is 29.2 Å². The molecule has 1 N–H and O–H groups in total.